The number of thioether (sulfide) groups is 2. The van der Waals surface area contributed by atoms with Crippen LogP contribution in [0, 0.1) is 0 Å². The Morgan fingerprint density at radius 2 is 2.00 bits per heavy atom. The molecule has 2 N–H and O–H groups in total. The summed E-state index contributed by atoms with van der Waals surface area (Å²) in [5.74, 6) is 2.45. The summed E-state index contributed by atoms with van der Waals surface area (Å²) >= 11 is 3.99. The third-order valence-corrected chi connectivity index (χ3v) is 6.87. The van der Waals surface area contributed by atoms with E-state index in [2.05, 4.69) is 41.5 Å². The molecular weight excluding hydrogens is 326 g/mol. The molecule has 0 aliphatic carbocycles. The number of urea groups is 1. The molecule has 128 valence electrons. The summed E-state index contributed by atoms with van der Waals surface area (Å²) in [5, 5.41) is 5.87. The summed E-state index contributed by atoms with van der Waals surface area (Å²) in [6, 6.07) is 8.10. The molecule has 2 amide bonds. The van der Waals surface area contributed by atoms with Gasteiger partial charge in [0.15, 0.2) is 0 Å². The first-order valence-electron chi connectivity index (χ1n) is 8.33. The minimum Gasteiger partial charge on any atom is -0.337 e. The second kappa shape index (κ2) is 10.1. The van der Waals surface area contributed by atoms with Crippen molar-refractivity contribution in [1.29, 1.82) is 0 Å². The van der Waals surface area contributed by atoms with E-state index in [1.54, 1.807) is 0 Å². The van der Waals surface area contributed by atoms with Crippen molar-refractivity contribution in [3.05, 3.63) is 29.8 Å². The Hall–Kier alpha value is -0.850. The first-order valence-corrected chi connectivity index (χ1v) is 10.4. The molecule has 1 aliphatic rings. The predicted octanol–water partition coefficient (Wildman–Crippen LogP) is 4.02. The Balaban J connectivity index is 1.81. The molecule has 0 aromatic heterocycles. The zero-order valence-corrected chi connectivity index (χ0v) is 15.6. The predicted molar refractivity (Wildman–Crippen MR) is 104 cm³/mol. The van der Waals surface area contributed by atoms with Crippen molar-refractivity contribution in [2.45, 2.75) is 24.9 Å². The van der Waals surface area contributed by atoms with Gasteiger partial charge in [-0.3, -0.25) is 0 Å². The van der Waals surface area contributed by atoms with E-state index >= 15 is 0 Å². The average Bonchev–Trinajstić information content (AvgIpc) is 2.60. The highest BCUT2D eigenvalue weighted by molar-refractivity contribution is 8.16. The lowest BCUT2D eigenvalue weighted by Crippen LogP contribution is -2.36. The summed E-state index contributed by atoms with van der Waals surface area (Å²) in [7, 11) is 0. The second-order valence-corrected chi connectivity index (χ2v) is 8.18. The molecule has 1 fully saturated rings. The van der Waals surface area contributed by atoms with E-state index in [1.165, 1.54) is 23.5 Å². The largest absolute Gasteiger partial charge is 0.337 e. The summed E-state index contributed by atoms with van der Waals surface area (Å²) in [5.41, 5.74) is 2.16. The number of amides is 2. The second-order valence-electron chi connectivity index (χ2n) is 5.46. The molecule has 6 heteroatoms. The van der Waals surface area contributed by atoms with Gasteiger partial charge in [-0.25, -0.2) is 4.79 Å². The summed E-state index contributed by atoms with van der Waals surface area (Å²) < 4.78 is 0.497. The van der Waals surface area contributed by atoms with E-state index in [9.17, 15) is 4.79 Å². The van der Waals surface area contributed by atoms with Crippen molar-refractivity contribution in [3.63, 3.8) is 0 Å². The third-order valence-electron chi connectivity index (χ3n) is 3.85. The molecular formula is C17H27N3OS2. The van der Waals surface area contributed by atoms with E-state index < -0.39 is 0 Å². The first-order chi connectivity index (χ1) is 11.2. The number of rotatable bonds is 7. The van der Waals surface area contributed by atoms with E-state index in [0.29, 0.717) is 11.1 Å². The lowest BCUT2D eigenvalue weighted by molar-refractivity contribution is 0.248. The maximum Gasteiger partial charge on any atom is 0.319 e. The van der Waals surface area contributed by atoms with Crippen LogP contribution in [0.25, 0.3) is 0 Å². The van der Waals surface area contributed by atoms with Gasteiger partial charge in [-0.2, -0.15) is 0 Å². The zero-order chi connectivity index (χ0) is 16.5. The fourth-order valence-corrected chi connectivity index (χ4v) is 5.36. The van der Waals surface area contributed by atoms with E-state index in [0.717, 1.165) is 25.3 Å². The maximum absolute atomic E-state index is 12.0. The van der Waals surface area contributed by atoms with Crippen molar-refractivity contribution < 1.29 is 4.79 Å². The van der Waals surface area contributed by atoms with Crippen LogP contribution in [0.5, 0.6) is 0 Å². The normalized spacial score (nSPS) is 15.6. The Kier molecular flexibility index (Phi) is 8.12. The molecule has 1 aromatic rings. The Morgan fingerprint density at radius 1 is 1.26 bits per heavy atom. The van der Waals surface area contributed by atoms with Gasteiger partial charge in [0.1, 0.15) is 0 Å². The van der Waals surface area contributed by atoms with Crippen LogP contribution >= 0.6 is 23.5 Å². The number of nitrogens with one attached hydrogen (secondary N) is 2. The summed E-state index contributed by atoms with van der Waals surface area (Å²) in [6.45, 7) is 7.85. The van der Waals surface area contributed by atoms with Gasteiger partial charge in [-0.05, 0) is 48.7 Å². The number of likely N-dealkylation sites (N-methyl/N-ethyl adjacent to an activating group) is 1. The average molecular weight is 354 g/mol. The van der Waals surface area contributed by atoms with Crippen LogP contribution in [0.4, 0.5) is 10.5 Å². The third kappa shape index (κ3) is 6.28. The van der Waals surface area contributed by atoms with Gasteiger partial charge in [0.2, 0.25) is 0 Å². The SMILES string of the molecule is CCN(CC)CCNC(=O)Nc1cccc(C2SCCCS2)c1. The molecule has 1 aliphatic heterocycles. The van der Waals surface area contributed by atoms with Crippen LogP contribution < -0.4 is 10.6 Å². The van der Waals surface area contributed by atoms with E-state index in [1.807, 2.05) is 35.7 Å². The van der Waals surface area contributed by atoms with Crippen LogP contribution in [0.2, 0.25) is 0 Å². The standard InChI is InChI=1S/C17H27N3OS2/c1-3-20(4-2)10-9-18-17(21)19-15-8-5-7-14(13-15)16-22-11-6-12-23-16/h5,7-8,13,16H,3-4,6,9-12H2,1-2H3,(H2,18,19,21). The topological polar surface area (TPSA) is 44.4 Å². The lowest BCUT2D eigenvalue weighted by Gasteiger charge is -2.21. The zero-order valence-electron chi connectivity index (χ0n) is 14.0. The van der Waals surface area contributed by atoms with Gasteiger partial charge in [-0.15, -0.1) is 23.5 Å². The molecule has 0 atom stereocenters. The number of carbonyl (C=O) groups is 1. The number of nitrogens with zero attached hydrogens (tertiary/aromatic N) is 1. The molecule has 0 spiro atoms. The number of hydrogen-bond donors (Lipinski definition) is 2. The van der Waals surface area contributed by atoms with Gasteiger partial charge in [-0.1, -0.05) is 26.0 Å². The van der Waals surface area contributed by atoms with Crippen molar-refractivity contribution in [3.8, 4) is 0 Å². The smallest absolute Gasteiger partial charge is 0.319 e. The van der Waals surface area contributed by atoms with Crippen LogP contribution in [0.1, 0.15) is 30.4 Å². The molecule has 0 radical (unpaired) electrons. The molecule has 0 unspecified atom stereocenters. The number of hydrogen-bond acceptors (Lipinski definition) is 4. The summed E-state index contributed by atoms with van der Waals surface area (Å²) in [4.78, 5) is 14.3. The molecule has 4 nitrogen and oxygen atoms in total. The Morgan fingerprint density at radius 3 is 2.70 bits per heavy atom. The van der Waals surface area contributed by atoms with Crippen molar-refractivity contribution in [1.82, 2.24) is 10.2 Å². The van der Waals surface area contributed by atoms with Crippen molar-refractivity contribution in [2.24, 2.45) is 0 Å². The highest BCUT2D eigenvalue weighted by Gasteiger charge is 2.16. The molecule has 1 saturated heterocycles. The molecule has 23 heavy (non-hydrogen) atoms. The van der Waals surface area contributed by atoms with Gasteiger partial charge in [0.25, 0.3) is 0 Å². The van der Waals surface area contributed by atoms with Gasteiger partial charge in [0, 0.05) is 18.8 Å². The van der Waals surface area contributed by atoms with Crippen LogP contribution in [0.3, 0.4) is 0 Å². The molecule has 0 bridgehead atoms. The van der Waals surface area contributed by atoms with Crippen LogP contribution in [-0.4, -0.2) is 48.6 Å². The summed E-state index contributed by atoms with van der Waals surface area (Å²) in [6.07, 6.45) is 1.29. The fraction of sp³-hybridized carbons (Fsp3) is 0.588. The van der Waals surface area contributed by atoms with E-state index in [4.69, 9.17) is 0 Å². The Bertz CT molecular complexity index is 488. The number of benzene rings is 1. The van der Waals surface area contributed by atoms with E-state index in [-0.39, 0.29) is 6.03 Å². The van der Waals surface area contributed by atoms with Crippen LogP contribution in [0.15, 0.2) is 24.3 Å². The number of carbonyl (C=O) groups excluding carboxylic acids is 1. The quantitative estimate of drug-likeness (QED) is 0.777. The maximum atomic E-state index is 12.0. The highest BCUT2D eigenvalue weighted by Crippen LogP contribution is 2.43. The molecule has 1 heterocycles. The van der Waals surface area contributed by atoms with Crippen molar-refractivity contribution in [2.75, 3.05) is 43.0 Å². The molecule has 1 aromatic carbocycles. The minimum absolute atomic E-state index is 0.127. The molecule has 0 saturated carbocycles. The first kappa shape index (κ1) is 18.5. The van der Waals surface area contributed by atoms with Crippen LogP contribution in [-0.2, 0) is 0 Å². The fourth-order valence-electron chi connectivity index (χ4n) is 2.49. The van der Waals surface area contributed by atoms with Crippen molar-refractivity contribution >= 4 is 35.2 Å². The number of anilines is 1. The van der Waals surface area contributed by atoms with Gasteiger partial charge < -0.3 is 15.5 Å². The molecule has 2 rings (SSSR count). The lowest BCUT2D eigenvalue weighted by atomic mass is 10.2. The van der Waals surface area contributed by atoms with Gasteiger partial charge in [0.05, 0.1) is 4.58 Å². The van der Waals surface area contributed by atoms with Gasteiger partial charge >= 0.3 is 6.03 Å². The minimum atomic E-state index is -0.127. The highest BCUT2D eigenvalue weighted by atomic mass is 32.2. The Labute approximate surface area is 148 Å². The monoisotopic (exact) mass is 353 g/mol.